The topological polar surface area (TPSA) is 68.7 Å². The Morgan fingerprint density at radius 3 is 2.46 bits per heavy atom. The predicted molar refractivity (Wildman–Crippen MR) is 110 cm³/mol. The van der Waals surface area contributed by atoms with E-state index in [1.807, 2.05) is 18.2 Å². The van der Waals surface area contributed by atoms with Crippen molar-refractivity contribution < 1.29 is 4.39 Å². The second-order valence-corrected chi connectivity index (χ2v) is 6.64. The van der Waals surface area contributed by atoms with E-state index in [0.29, 0.717) is 18.5 Å². The fourth-order valence-electron chi connectivity index (χ4n) is 3.20. The minimum atomic E-state index is -0.160. The molecule has 0 aliphatic carbocycles. The van der Waals surface area contributed by atoms with Crippen LogP contribution in [0.25, 0.3) is 0 Å². The second kappa shape index (κ2) is 10.6. The largest absolute Gasteiger partial charge is 0.356 e. The van der Waals surface area contributed by atoms with Crippen LogP contribution >= 0.6 is 0 Å². The summed E-state index contributed by atoms with van der Waals surface area (Å²) in [5.41, 5.74) is 0.714. The zero-order chi connectivity index (χ0) is 19.6. The first kappa shape index (κ1) is 20.0. The van der Waals surface area contributed by atoms with Gasteiger partial charge in [0.05, 0.1) is 0 Å². The molecule has 1 fully saturated rings. The van der Waals surface area contributed by atoms with Crippen LogP contribution in [0.3, 0.4) is 0 Å². The number of piperazine rings is 1. The van der Waals surface area contributed by atoms with Crippen LogP contribution in [0.1, 0.15) is 5.56 Å². The first-order chi connectivity index (χ1) is 13.8. The van der Waals surface area contributed by atoms with Crippen LogP contribution in [-0.2, 0) is 6.42 Å². The lowest BCUT2D eigenvalue weighted by atomic mass is 10.1. The van der Waals surface area contributed by atoms with Crippen LogP contribution < -0.4 is 15.5 Å². The Morgan fingerprint density at radius 2 is 1.75 bits per heavy atom. The number of aromatic nitrogens is 2. The molecule has 0 unspecified atom stereocenters. The number of hydrogen-bond donors (Lipinski definition) is 2. The molecule has 1 saturated heterocycles. The second-order valence-electron chi connectivity index (χ2n) is 6.64. The zero-order valence-electron chi connectivity index (χ0n) is 16.3. The van der Waals surface area contributed by atoms with Gasteiger partial charge in [0.15, 0.2) is 5.96 Å². The van der Waals surface area contributed by atoms with Crippen LogP contribution in [-0.4, -0.2) is 73.7 Å². The van der Waals surface area contributed by atoms with Crippen molar-refractivity contribution in [1.29, 1.82) is 0 Å². The number of aliphatic imine (C=N–C) groups is 1. The van der Waals surface area contributed by atoms with Crippen molar-refractivity contribution in [2.75, 3.05) is 57.8 Å². The summed E-state index contributed by atoms with van der Waals surface area (Å²) in [7, 11) is 1.75. The summed E-state index contributed by atoms with van der Waals surface area (Å²) >= 11 is 0. The SMILES string of the molecule is CN=C(NCCc1ccccc1F)NCCN1CCN(c2ncccn2)CC1. The molecule has 0 amide bonds. The molecule has 0 bridgehead atoms. The molecule has 2 heterocycles. The lowest BCUT2D eigenvalue weighted by Crippen LogP contribution is -2.49. The van der Waals surface area contributed by atoms with Crippen molar-refractivity contribution in [3.63, 3.8) is 0 Å². The lowest BCUT2D eigenvalue weighted by Gasteiger charge is -2.34. The maximum absolute atomic E-state index is 13.7. The molecule has 0 atom stereocenters. The van der Waals surface area contributed by atoms with E-state index in [1.54, 1.807) is 25.5 Å². The molecule has 7 nitrogen and oxygen atoms in total. The molecule has 0 spiro atoms. The van der Waals surface area contributed by atoms with Gasteiger partial charge in [0.2, 0.25) is 5.95 Å². The van der Waals surface area contributed by atoms with Gasteiger partial charge in [-0.25, -0.2) is 14.4 Å². The third-order valence-corrected chi connectivity index (χ3v) is 4.80. The van der Waals surface area contributed by atoms with Gasteiger partial charge < -0.3 is 15.5 Å². The van der Waals surface area contributed by atoms with Crippen molar-refractivity contribution in [2.45, 2.75) is 6.42 Å². The molecule has 150 valence electrons. The standard InChI is InChI=1S/C20H28FN7/c1-22-19(23-10-7-17-5-2-3-6-18(17)21)24-11-12-27-13-15-28(16-14-27)20-25-8-4-9-26-20/h2-6,8-9H,7,10-16H2,1H3,(H2,22,23,24). The molecular formula is C20H28FN7. The Hall–Kier alpha value is -2.74. The molecule has 3 rings (SSSR count). The van der Waals surface area contributed by atoms with Crippen molar-refractivity contribution in [3.05, 3.63) is 54.1 Å². The molecule has 0 radical (unpaired) electrons. The fraction of sp³-hybridized carbons (Fsp3) is 0.450. The smallest absolute Gasteiger partial charge is 0.225 e. The van der Waals surface area contributed by atoms with Crippen molar-refractivity contribution in [2.24, 2.45) is 4.99 Å². The van der Waals surface area contributed by atoms with Gasteiger partial charge in [-0.3, -0.25) is 9.89 Å². The monoisotopic (exact) mass is 385 g/mol. The summed E-state index contributed by atoms with van der Waals surface area (Å²) in [6.07, 6.45) is 4.18. The highest BCUT2D eigenvalue weighted by Crippen LogP contribution is 2.09. The number of nitrogens with one attached hydrogen (secondary N) is 2. The third-order valence-electron chi connectivity index (χ3n) is 4.80. The van der Waals surface area contributed by atoms with Gasteiger partial charge in [-0.15, -0.1) is 0 Å². The van der Waals surface area contributed by atoms with E-state index in [4.69, 9.17) is 0 Å². The van der Waals surface area contributed by atoms with Gasteiger partial charge in [0.25, 0.3) is 0 Å². The average molecular weight is 385 g/mol. The Balaban J connectivity index is 1.32. The number of rotatable bonds is 7. The van der Waals surface area contributed by atoms with Crippen LogP contribution in [0.15, 0.2) is 47.7 Å². The minimum Gasteiger partial charge on any atom is -0.356 e. The van der Waals surface area contributed by atoms with Crippen LogP contribution in [0.2, 0.25) is 0 Å². The van der Waals surface area contributed by atoms with Crippen LogP contribution in [0, 0.1) is 5.82 Å². The van der Waals surface area contributed by atoms with Crippen LogP contribution in [0.5, 0.6) is 0 Å². The van der Waals surface area contributed by atoms with E-state index < -0.39 is 0 Å². The first-order valence-electron chi connectivity index (χ1n) is 9.68. The Bertz CT molecular complexity index is 745. The van der Waals surface area contributed by atoms with Gasteiger partial charge in [-0.05, 0) is 24.1 Å². The number of hydrogen-bond acceptors (Lipinski definition) is 5. The molecule has 2 aromatic rings. The van der Waals surface area contributed by atoms with Crippen molar-refractivity contribution in [3.8, 4) is 0 Å². The van der Waals surface area contributed by atoms with E-state index in [-0.39, 0.29) is 5.82 Å². The van der Waals surface area contributed by atoms with Crippen LogP contribution in [0.4, 0.5) is 10.3 Å². The number of nitrogens with zero attached hydrogens (tertiary/aromatic N) is 5. The van der Waals surface area contributed by atoms with E-state index in [1.165, 1.54) is 6.07 Å². The van der Waals surface area contributed by atoms with E-state index in [9.17, 15) is 4.39 Å². The summed E-state index contributed by atoms with van der Waals surface area (Å²) in [5.74, 6) is 1.39. The lowest BCUT2D eigenvalue weighted by molar-refractivity contribution is 0.260. The quantitative estimate of drug-likeness (QED) is 0.550. The molecule has 2 N–H and O–H groups in total. The molecule has 8 heteroatoms. The Kier molecular flexibility index (Phi) is 7.54. The maximum Gasteiger partial charge on any atom is 0.225 e. The summed E-state index contributed by atoms with van der Waals surface area (Å²) < 4.78 is 13.7. The van der Waals surface area contributed by atoms with E-state index >= 15 is 0 Å². The molecule has 1 aromatic heterocycles. The summed E-state index contributed by atoms with van der Waals surface area (Å²) in [6, 6.07) is 8.71. The normalized spacial score (nSPS) is 15.5. The number of benzene rings is 1. The highest BCUT2D eigenvalue weighted by Gasteiger charge is 2.18. The summed E-state index contributed by atoms with van der Waals surface area (Å²) in [5, 5.41) is 6.57. The number of guanidine groups is 1. The molecule has 0 saturated carbocycles. The number of anilines is 1. The van der Waals surface area contributed by atoms with Gasteiger partial charge >= 0.3 is 0 Å². The first-order valence-corrected chi connectivity index (χ1v) is 9.68. The Labute approximate surface area is 165 Å². The van der Waals surface area contributed by atoms with Gasteiger partial charge in [0, 0.05) is 65.3 Å². The third kappa shape index (κ3) is 5.88. The highest BCUT2D eigenvalue weighted by atomic mass is 19.1. The molecule has 1 aromatic carbocycles. The Morgan fingerprint density at radius 1 is 1.04 bits per heavy atom. The van der Waals surface area contributed by atoms with Crippen molar-refractivity contribution >= 4 is 11.9 Å². The molecule has 28 heavy (non-hydrogen) atoms. The average Bonchev–Trinajstić information content (AvgIpc) is 2.75. The van der Waals surface area contributed by atoms with Gasteiger partial charge in [-0.2, -0.15) is 0 Å². The van der Waals surface area contributed by atoms with E-state index in [2.05, 4.69) is 35.4 Å². The summed E-state index contributed by atoms with van der Waals surface area (Å²) in [6.45, 7) is 6.22. The molecular weight excluding hydrogens is 357 g/mol. The number of halogens is 1. The molecule has 1 aliphatic rings. The summed E-state index contributed by atoms with van der Waals surface area (Å²) in [4.78, 5) is 17.5. The van der Waals surface area contributed by atoms with Gasteiger partial charge in [0.1, 0.15) is 5.82 Å². The van der Waals surface area contributed by atoms with E-state index in [0.717, 1.165) is 51.2 Å². The fourth-order valence-corrected chi connectivity index (χ4v) is 3.20. The van der Waals surface area contributed by atoms with Crippen molar-refractivity contribution in [1.82, 2.24) is 25.5 Å². The molecule has 1 aliphatic heterocycles. The highest BCUT2D eigenvalue weighted by molar-refractivity contribution is 5.79. The predicted octanol–water partition coefficient (Wildman–Crippen LogP) is 1.15. The minimum absolute atomic E-state index is 0.160. The van der Waals surface area contributed by atoms with Gasteiger partial charge in [-0.1, -0.05) is 18.2 Å². The zero-order valence-corrected chi connectivity index (χ0v) is 16.3. The maximum atomic E-state index is 13.7.